The maximum atomic E-state index is 11.5. The maximum absolute atomic E-state index is 11.5. The topological polar surface area (TPSA) is 551 Å². The number of rotatable bonds is 59. The molecule has 744 valence electrons. The Hall–Kier alpha value is -6.89. The molecule has 0 saturated heterocycles. The molecule has 8 aromatic carbocycles. The van der Waals surface area contributed by atoms with E-state index in [1.807, 2.05) is 113 Å². The van der Waals surface area contributed by atoms with E-state index in [4.69, 9.17) is 42.1 Å². The van der Waals surface area contributed by atoms with Crippen LogP contribution in [-0.2, 0) is 60.1 Å². The minimum absolute atomic E-state index is 0. The van der Waals surface area contributed by atoms with Crippen molar-refractivity contribution in [2.75, 3.05) is 165 Å². The van der Waals surface area contributed by atoms with Gasteiger partial charge in [-0.3, -0.25) is 28.4 Å². The van der Waals surface area contributed by atoms with Crippen molar-refractivity contribution in [2.45, 2.75) is 137 Å². The molecule has 36 nitrogen and oxygen atoms in total. The van der Waals surface area contributed by atoms with Crippen molar-refractivity contribution < 1.29 is 193 Å². The number of aliphatic hydroxyl groups is 10. The molecule has 0 radical (unpaired) electrons. The van der Waals surface area contributed by atoms with Gasteiger partial charge >= 0.3 is 48.4 Å². The summed E-state index contributed by atoms with van der Waals surface area (Å²) in [6.07, 6.45) is -3.26. The molecule has 0 fully saturated rings. The second kappa shape index (κ2) is 68.2. The van der Waals surface area contributed by atoms with Crippen molar-refractivity contribution in [3.63, 3.8) is 0 Å². The molecule has 0 heterocycles. The molecule has 8 rings (SSSR count). The van der Waals surface area contributed by atoms with Crippen LogP contribution >= 0.6 is 0 Å². The van der Waals surface area contributed by atoms with Gasteiger partial charge in [0, 0.05) is 110 Å². The number of anilines is 2. The second-order valence-corrected chi connectivity index (χ2v) is 38.6. The molecule has 0 bridgehead atoms. The molecular weight excluding hydrogens is 1860 g/mol. The van der Waals surface area contributed by atoms with Gasteiger partial charge < -0.3 is 98.4 Å². The smallest absolute Gasteiger partial charge is 0.744 e. The molecular formula is C92H133LiN5NaO31S5. The zero-order chi connectivity index (χ0) is 98.3. The van der Waals surface area contributed by atoms with Gasteiger partial charge in [0.2, 0.25) is 0 Å². The number of ether oxygens (including phenoxy) is 6. The van der Waals surface area contributed by atoms with E-state index in [-0.39, 0.29) is 166 Å². The van der Waals surface area contributed by atoms with E-state index in [9.17, 15) is 102 Å². The van der Waals surface area contributed by atoms with E-state index in [1.165, 1.54) is 36.4 Å². The molecule has 8 aromatic rings. The Bertz CT molecular complexity index is 4650. The Labute approximate surface area is 829 Å². The van der Waals surface area contributed by atoms with Crippen molar-refractivity contribution in [1.82, 2.24) is 14.7 Å². The Kier molecular flexibility index (Phi) is 62.8. The molecule has 43 heteroatoms. The predicted octanol–water partition coefficient (Wildman–Crippen LogP) is 0.455. The van der Waals surface area contributed by atoms with Crippen LogP contribution in [0.4, 0.5) is 11.4 Å². The first-order chi connectivity index (χ1) is 63.0. The van der Waals surface area contributed by atoms with Crippen LogP contribution in [0.25, 0.3) is 0 Å². The largest absolute Gasteiger partial charge is 1.00 e. The van der Waals surface area contributed by atoms with Crippen LogP contribution in [-0.4, -0.2) is 335 Å². The average Bonchev–Trinajstić information content (AvgIpc) is 0.831. The summed E-state index contributed by atoms with van der Waals surface area (Å²) in [4.78, 5) is 7.26. The fourth-order valence-electron chi connectivity index (χ4n) is 12.3. The normalized spacial score (nSPS) is 13.9. The summed E-state index contributed by atoms with van der Waals surface area (Å²) in [6, 6.07) is 64.9. The van der Waals surface area contributed by atoms with Gasteiger partial charge in [-0.2, -0.15) is 25.3 Å². The number of nitrogens with zero attached hydrogens (tertiary/aromatic N) is 5. The minimum Gasteiger partial charge on any atom is -0.744 e. The fraction of sp³-hybridized carbons (Fsp3) is 0.478. The van der Waals surface area contributed by atoms with Crippen LogP contribution in [0.15, 0.2) is 240 Å². The number of aliphatic hydroxyl groups excluding tert-OH is 10. The minimum atomic E-state index is -4.66. The third kappa shape index (κ3) is 59.3. The van der Waals surface area contributed by atoms with Crippen molar-refractivity contribution in [2.24, 2.45) is 0 Å². The van der Waals surface area contributed by atoms with Crippen molar-refractivity contribution in [1.29, 1.82) is 0 Å². The number of hydrogen-bond donors (Lipinski definition) is 13. The van der Waals surface area contributed by atoms with E-state index < -0.39 is 133 Å². The summed E-state index contributed by atoms with van der Waals surface area (Å²) < 4.78 is 194. The molecule has 13 N–H and O–H groups in total. The molecule has 0 aromatic heterocycles. The molecule has 0 amide bonds. The Morgan fingerprint density at radius 3 is 0.778 bits per heavy atom. The molecule has 10 unspecified atom stereocenters. The van der Waals surface area contributed by atoms with Crippen LogP contribution in [0.2, 0.25) is 0 Å². The molecule has 135 heavy (non-hydrogen) atoms. The number of unbranched alkanes of at least 4 members (excludes halogenated alkanes) is 2. The zero-order valence-electron chi connectivity index (χ0n) is 77.4. The van der Waals surface area contributed by atoms with Crippen LogP contribution in [0.5, 0.6) is 23.0 Å². The summed E-state index contributed by atoms with van der Waals surface area (Å²) >= 11 is 0. The first-order valence-corrected chi connectivity index (χ1v) is 51.1. The van der Waals surface area contributed by atoms with Gasteiger partial charge in [-0.25, -0.2) is 16.8 Å². The summed E-state index contributed by atoms with van der Waals surface area (Å²) in [7, 11) is -21.6. The predicted molar refractivity (Wildman–Crippen MR) is 502 cm³/mol. The van der Waals surface area contributed by atoms with Gasteiger partial charge in [-0.15, -0.1) is 0 Å². The molecule has 0 aliphatic carbocycles. The van der Waals surface area contributed by atoms with E-state index in [2.05, 4.69) is 0 Å². The van der Waals surface area contributed by atoms with Crippen LogP contribution in [0.3, 0.4) is 0 Å². The maximum Gasteiger partial charge on any atom is 1.00 e. The molecule has 0 aliphatic rings. The van der Waals surface area contributed by atoms with Gasteiger partial charge in [0.25, 0.3) is 30.4 Å². The van der Waals surface area contributed by atoms with Crippen molar-refractivity contribution in [3.8, 4) is 23.0 Å². The molecule has 0 saturated carbocycles. The Morgan fingerprint density at radius 2 is 0.541 bits per heavy atom. The van der Waals surface area contributed by atoms with Crippen molar-refractivity contribution in [3.05, 3.63) is 242 Å². The quantitative estimate of drug-likeness (QED) is 0.0140. The average molecular weight is 2000 g/mol. The summed E-state index contributed by atoms with van der Waals surface area (Å²) in [5, 5.41) is 102. The van der Waals surface area contributed by atoms with Crippen LogP contribution < -0.4 is 77.2 Å². The third-order valence-electron chi connectivity index (χ3n) is 19.4. The van der Waals surface area contributed by atoms with Crippen molar-refractivity contribution >= 4 is 62.0 Å². The van der Waals surface area contributed by atoms with Gasteiger partial charge in [-0.05, 0) is 122 Å². The number of hydrogen-bond acceptors (Lipinski definition) is 33. The standard InChI is InChI=1S/2C24H27NO7S.C18H23NO5S.C16H35NO7S.C10H23NO5S.Li.Na/c2*26-20(17-31-22-9-3-1-4-10-22)15-25(19-8-7-13-24(14-19)33(28,29)30)16-21(27)18-32-23-11-5-2-6-12-23;20-17(15-7-3-1-4-8-15)13-19(11-12-25(22,23)24)14-18(21)16-9-5-2-6-10-16;1-3-5-8-23-13-15(18)11-17(7-10-25(20,21)22)12-16(19)14-24-9-6-4-2;1-3-9(12)7-11(8-10(13)4-2)5-6-17(14,15)16;;/h2*1-14,20-21,26-27H,15-18H2,(H,28,29,30);1-10,17-18,20-21H,11-14H2,(H,22,23,24);15-16,18-19H,3-14H2,1-2H3,(H,20,21,22);9-10,12-13H,3-8H2,1-2H3,(H,14,15,16);;/q;;;;;2*+1/p-2. The fourth-order valence-corrected chi connectivity index (χ4v) is 14.8. The van der Waals surface area contributed by atoms with Gasteiger partial charge in [-0.1, -0.05) is 186 Å². The van der Waals surface area contributed by atoms with Gasteiger partial charge in [0.05, 0.1) is 76.9 Å². The molecule has 0 aliphatic heterocycles. The number of para-hydroxylation sites is 4. The number of benzene rings is 8. The third-order valence-corrected chi connectivity index (χ3v) is 23.1. The monoisotopic (exact) mass is 1990 g/mol. The molecule has 0 spiro atoms. The Balaban J connectivity index is 0.000000579. The van der Waals surface area contributed by atoms with E-state index in [0.29, 0.717) is 84.6 Å². The van der Waals surface area contributed by atoms with Crippen LogP contribution in [0, 0.1) is 0 Å². The van der Waals surface area contributed by atoms with E-state index in [0.717, 1.165) is 25.7 Å². The Morgan fingerprint density at radius 1 is 0.304 bits per heavy atom. The first-order valence-electron chi connectivity index (χ1n) is 43.4. The zero-order valence-corrected chi connectivity index (χ0v) is 83.4. The first kappa shape index (κ1) is 124. The van der Waals surface area contributed by atoms with Gasteiger partial charge in [0.15, 0.2) is 0 Å². The van der Waals surface area contributed by atoms with E-state index >= 15 is 0 Å². The summed E-state index contributed by atoms with van der Waals surface area (Å²) in [6.45, 7) is 10.5. The SMILES string of the molecule is CCC(O)CN(CCS(=O)(=O)O)CC(O)CC.CCCCOCC(O)CN(CCS(=O)(=O)O)CC(O)COCCCC.O=S(=O)(O)CCN(CC(O)c1ccccc1)CC(O)c1ccccc1.O=S(=O)([O-])c1cccc(N(CC(O)COc2ccccc2)CC(O)COc2ccccc2)c1.O=S(=O)([O-])c1cccc(N(CC(O)COc2ccccc2)CC(O)COc2ccccc2)c1.[Li+].[Na+]. The van der Waals surface area contributed by atoms with E-state index in [1.54, 1.807) is 134 Å². The second-order valence-electron chi connectivity index (χ2n) is 31.1. The summed E-state index contributed by atoms with van der Waals surface area (Å²) in [5.41, 5.74) is 2.14. The van der Waals surface area contributed by atoms with Crippen LogP contribution in [0.1, 0.15) is 89.6 Å². The van der Waals surface area contributed by atoms with Gasteiger partial charge in [0.1, 0.15) is 94.1 Å². The molecule has 10 atom stereocenters. The summed E-state index contributed by atoms with van der Waals surface area (Å²) in [5.74, 6) is 1.07.